The highest BCUT2D eigenvalue weighted by atomic mass is 16.2. The zero-order valence-corrected chi connectivity index (χ0v) is 18.2. The van der Waals surface area contributed by atoms with Gasteiger partial charge in [-0.1, -0.05) is 24.3 Å². The number of carbonyl (C=O) groups is 2. The van der Waals surface area contributed by atoms with Crippen molar-refractivity contribution < 1.29 is 9.59 Å². The number of hydrogen-bond acceptors (Lipinski definition) is 3. The number of anilines is 4. The minimum Gasteiger partial charge on any atom is -0.355 e. The van der Waals surface area contributed by atoms with Gasteiger partial charge in [-0.25, -0.2) is 0 Å². The third-order valence-corrected chi connectivity index (χ3v) is 5.86. The third-order valence-electron chi connectivity index (χ3n) is 5.86. The van der Waals surface area contributed by atoms with Gasteiger partial charge in [-0.15, -0.1) is 0 Å². The van der Waals surface area contributed by atoms with Gasteiger partial charge in [0.2, 0.25) is 5.91 Å². The molecule has 1 aliphatic heterocycles. The van der Waals surface area contributed by atoms with E-state index in [1.807, 2.05) is 66.4 Å². The summed E-state index contributed by atoms with van der Waals surface area (Å²) in [5.41, 5.74) is 7.24. The van der Waals surface area contributed by atoms with E-state index < -0.39 is 0 Å². The molecule has 0 radical (unpaired) electrons. The number of rotatable bonds is 5. The molecular formula is C26H27N3O2. The maximum atomic E-state index is 13.1. The Labute approximate surface area is 183 Å². The normalized spacial score (nSPS) is 13.4. The Morgan fingerprint density at radius 3 is 2.42 bits per heavy atom. The molecule has 1 fully saturated rings. The topological polar surface area (TPSA) is 61.4 Å². The molecule has 5 nitrogen and oxygen atoms in total. The Morgan fingerprint density at radius 2 is 1.68 bits per heavy atom. The first-order valence-electron chi connectivity index (χ1n) is 10.6. The quantitative estimate of drug-likeness (QED) is 0.561. The molecule has 1 aliphatic rings. The number of amides is 2. The van der Waals surface area contributed by atoms with Crippen molar-refractivity contribution in [1.82, 2.24) is 0 Å². The number of hydrogen-bond donors (Lipinski definition) is 2. The lowest BCUT2D eigenvalue weighted by Crippen LogP contribution is -2.24. The summed E-state index contributed by atoms with van der Waals surface area (Å²) in [7, 11) is 0. The van der Waals surface area contributed by atoms with Crippen LogP contribution >= 0.6 is 0 Å². The van der Waals surface area contributed by atoms with Crippen molar-refractivity contribution in [3.63, 3.8) is 0 Å². The van der Waals surface area contributed by atoms with Crippen LogP contribution in [0.25, 0.3) is 0 Å². The maximum absolute atomic E-state index is 13.1. The largest absolute Gasteiger partial charge is 0.355 e. The van der Waals surface area contributed by atoms with Gasteiger partial charge in [-0.2, -0.15) is 0 Å². The van der Waals surface area contributed by atoms with Crippen LogP contribution in [-0.2, 0) is 4.79 Å². The smallest absolute Gasteiger partial charge is 0.257 e. The monoisotopic (exact) mass is 413 g/mol. The molecule has 158 valence electrons. The van der Waals surface area contributed by atoms with E-state index in [4.69, 9.17) is 0 Å². The van der Waals surface area contributed by atoms with Crippen LogP contribution in [0.4, 0.5) is 22.7 Å². The summed E-state index contributed by atoms with van der Waals surface area (Å²) in [4.78, 5) is 26.9. The number of benzene rings is 3. The molecule has 2 amide bonds. The molecule has 0 aliphatic carbocycles. The second-order valence-corrected chi connectivity index (χ2v) is 8.02. The molecule has 31 heavy (non-hydrogen) atoms. The van der Waals surface area contributed by atoms with E-state index in [9.17, 15) is 9.59 Å². The molecule has 0 unspecified atom stereocenters. The summed E-state index contributed by atoms with van der Waals surface area (Å²) in [6, 6.07) is 19.3. The molecule has 0 saturated carbocycles. The van der Waals surface area contributed by atoms with Crippen LogP contribution in [0.5, 0.6) is 0 Å². The van der Waals surface area contributed by atoms with Crippen molar-refractivity contribution in [2.45, 2.75) is 33.6 Å². The molecule has 1 saturated heterocycles. The average Bonchev–Trinajstić information content (AvgIpc) is 3.17. The summed E-state index contributed by atoms with van der Waals surface area (Å²) in [6.07, 6.45) is 1.49. The van der Waals surface area contributed by atoms with Crippen molar-refractivity contribution in [2.75, 3.05) is 22.1 Å². The van der Waals surface area contributed by atoms with Crippen LogP contribution in [0.1, 0.15) is 39.9 Å². The van der Waals surface area contributed by atoms with Crippen LogP contribution < -0.4 is 15.5 Å². The lowest BCUT2D eigenvalue weighted by atomic mass is 10.1. The molecule has 3 aromatic rings. The summed E-state index contributed by atoms with van der Waals surface area (Å²) in [6.45, 7) is 6.85. The highest BCUT2D eigenvalue weighted by Crippen LogP contribution is 2.29. The van der Waals surface area contributed by atoms with Crippen molar-refractivity contribution in [3.8, 4) is 0 Å². The highest BCUT2D eigenvalue weighted by molar-refractivity contribution is 6.08. The summed E-state index contributed by atoms with van der Waals surface area (Å²) in [5, 5.41) is 6.40. The maximum Gasteiger partial charge on any atom is 0.257 e. The summed E-state index contributed by atoms with van der Waals surface area (Å²) in [5.74, 6) is -0.0239. The summed E-state index contributed by atoms with van der Waals surface area (Å²) < 4.78 is 0. The first kappa shape index (κ1) is 20.7. The number of para-hydroxylation sites is 1. The average molecular weight is 414 g/mol. The van der Waals surface area contributed by atoms with E-state index in [1.165, 1.54) is 5.56 Å². The van der Waals surface area contributed by atoms with E-state index in [0.717, 1.165) is 41.2 Å². The van der Waals surface area contributed by atoms with Gasteiger partial charge in [-0.3, -0.25) is 9.59 Å². The fraction of sp³-hybridized carbons (Fsp3) is 0.231. The number of aryl methyl sites for hydroxylation is 2. The van der Waals surface area contributed by atoms with Crippen LogP contribution in [0.3, 0.4) is 0 Å². The van der Waals surface area contributed by atoms with E-state index in [0.29, 0.717) is 17.7 Å². The van der Waals surface area contributed by atoms with Gasteiger partial charge < -0.3 is 15.5 Å². The molecule has 0 bridgehead atoms. The SMILES string of the molecule is Cc1cc(NC(=O)c2ccccc2Nc2cccc(C)c2C)ccc1N1CCCC1=O. The molecule has 0 spiro atoms. The van der Waals surface area contributed by atoms with E-state index in [1.54, 1.807) is 0 Å². The second kappa shape index (κ2) is 8.64. The Morgan fingerprint density at radius 1 is 0.903 bits per heavy atom. The number of carbonyl (C=O) groups excluding carboxylic acids is 2. The molecule has 0 atom stereocenters. The molecule has 2 N–H and O–H groups in total. The Hall–Kier alpha value is -3.60. The van der Waals surface area contributed by atoms with Gasteiger partial charge in [0.05, 0.1) is 11.3 Å². The molecular weight excluding hydrogens is 386 g/mol. The molecule has 3 aromatic carbocycles. The van der Waals surface area contributed by atoms with Gasteiger partial charge in [-0.05, 0) is 80.3 Å². The van der Waals surface area contributed by atoms with Crippen LogP contribution in [0.15, 0.2) is 60.7 Å². The Bertz CT molecular complexity index is 1150. The van der Waals surface area contributed by atoms with E-state index in [2.05, 4.69) is 30.5 Å². The molecule has 0 aromatic heterocycles. The number of nitrogens with one attached hydrogen (secondary N) is 2. The lowest BCUT2D eigenvalue weighted by Gasteiger charge is -2.19. The fourth-order valence-corrected chi connectivity index (χ4v) is 3.96. The van der Waals surface area contributed by atoms with Crippen LogP contribution in [0.2, 0.25) is 0 Å². The van der Waals surface area contributed by atoms with Crippen molar-refractivity contribution in [2.24, 2.45) is 0 Å². The van der Waals surface area contributed by atoms with Gasteiger partial charge >= 0.3 is 0 Å². The standard InChI is InChI=1S/C26H27N3O2/c1-17-8-6-11-22(19(17)3)28-23-10-5-4-9-21(23)26(31)27-20-13-14-24(18(2)16-20)29-15-7-12-25(29)30/h4-6,8-11,13-14,16,28H,7,12,15H2,1-3H3,(H,27,31). The third kappa shape index (κ3) is 4.31. The lowest BCUT2D eigenvalue weighted by molar-refractivity contribution is -0.117. The fourth-order valence-electron chi connectivity index (χ4n) is 3.96. The number of nitrogens with zero attached hydrogens (tertiary/aromatic N) is 1. The van der Waals surface area contributed by atoms with Gasteiger partial charge in [0.1, 0.15) is 0 Å². The Kier molecular flexibility index (Phi) is 5.76. The zero-order valence-electron chi connectivity index (χ0n) is 18.2. The van der Waals surface area contributed by atoms with Crippen LogP contribution in [0, 0.1) is 20.8 Å². The first-order valence-corrected chi connectivity index (χ1v) is 10.6. The predicted molar refractivity (Wildman–Crippen MR) is 126 cm³/mol. The predicted octanol–water partition coefficient (Wildman–Crippen LogP) is 5.73. The zero-order chi connectivity index (χ0) is 22.0. The van der Waals surface area contributed by atoms with Crippen molar-refractivity contribution in [1.29, 1.82) is 0 Å². The minimum absolute atomic E-state index is 0.159. The molecule has 5 heteroatoms. The van der Waals surface area contributed by atoms with Crippen LogP contribution in [-0.4, -0.2) is 18.4 Å². The van der Waals surface area contributed by atoms with Gasteiger partial charge in [0, 0.05) is 30.0 Å². The van der Waals surface area contributed by atoms with Crippen molar-refractivity contribution >= 4 is 34.6 Å². The minimum atomic E-state index is -0.183. The molecule has 4 rings (SSSR count). The Balaban J connectivity index is 1.55. The van der Waals surface area contributed by atoms with Gasteiger partial charge in [0.25, 0.3) is 5.91 Å². The summed E-state index contributed by atoms with van der Waals surface area (Å²) >= 11 is 0. The van der Waals surface area contributed by atoms with Crippen molar-refractivity contribution in [3.05, 3.63) is 82.9 Å². The second-order valence-electron chi connectivity index (χ2n) is 8.02. The molecule has 1 heterocycles. The first-order chi connectivity index (χ1) is 14.9. The van der Waals surface area contributed by atoms with Gasteiger partial charge in [0.15, 0.2) is 0 Å². The van der Waals surface area contributed by atoms with E-state index in [-0.39, 0.29) is 11.8 Å². The van der Waals surface area contributed by atoms with E-state index >= 15 is 0 Å². The highest BCUT2D eigenvalue weighted by Gasteiger charge is 2.23.